The molecule has 4 heterocycles. The van der Waals surface area contributed by atoms with Crippen LogP contribution in [-0.2, 0) is 21.2 Å². The first-order chi connectivity index (χ1) is 19.9. The van der Waals surface area contributed by atoms with Crippen molar-refractivity contribution in [2.24, 2.45) is 0 Å². The van der Waals surface area contributed by atoms with Gasteiger partial charge in [0.15, 0.2) is 0 Å². The Balaban J connectivity index is 1.06. The zero-order chi connectivity index (χ0) is 28.0. The maximum absolute atomic E-state index is 11.9. The molecule has 2 saturated heterocycles. The van der Waals surface area contributed by atoms with Crippen molar-refractivity contribution in [2.75, 3.05) is 51.0 Å². The van der Waals surface area contributed by atoms with E-state index in [0.717, 1.165) is 86.6 Å². The highest BCUT2D eigenvalue weighted by Gasteiger charge is 2.30. The van der Waals surface area contributed by atoms with E-state index in [-0.39, 0.29) is 6.04 Å². The lowest BCUT2D eigenvalue weighted by atomic mass is 9.89. The fourth-order valence-corrected chi connectivity index (χ4v) is 7.99. The Morgan fingerprint density at radius 2 is 1.71 bits per heavy atom. The predicted octanol–water partition coefficient (Wildman–Crippen LogP) is 3.56. The van der Waals surface area contributed by atoms with Crippen LogP contribution in [0.2, 0.25) is 0 Å². The number of fused-ring (bicyclic) bond motifs is 3. The fourth-order valence-electron chi connectivity index (χ4n) is 7.12. The minimum atomic E-state index is -3.14. The van der Waals surface area contributed by atoms with Gasteiger partial charge in [-0.15, -0.1) is 0 Å². The molecular formula is C30H39N7O3S. The number of nitrogens with zero attached hydrogens (tertiary/aromatic N) is 6. The molecule has 0 radical (unpaired) electrons. The molecule has 7 rings (SSSR count). The lowest BCUT2D eigenvalue weighted by molar-refractivity contribution is 0.00791. The molecule has 0 spiro atoms. The second-order valence-corrected chi connectivity index (χ2v) is 14.0. The van der Waals surface area contributed by atoms with Gasteiger partial charge >= 0.3 is 0 Å². The summed E-state index contributed by atoms with van der Waals surface area (Å²) >= 11 is 0. The van der Waals surface area contributed by atoms with Gasteiger partial charge in [-0.2, -0.15) is 5.10 Å². The Hall–Kier alpha value is -2.86. The molecule has 10 nitrogen and oxygen atoms in total. The molecule has 4 aliphatic rings. The van der Waals surface area contributed by atoms with Gasteiger partial charge in [0.25, 0.3) is 0 Å². The van der Waals surface area contributed by atoms with Gasteiger partial charge in [0.2, 0.25) is 10.0 Å². The Morgan fingerprint density at radius 1 is 0.927 bits per heavy atom. The number of ether oxygens (including phenoxy) is 1. The van der Waals surface area contributed by atoms with E-state index in [1.807, 2.05) is 10.9 Å². The number of anilines is 1. The lowest BCUT2D eigenvalue weighted by Crippen LogP contribution is -2.46. The molecule has 0 amide bonds. The number of benzene rings is 1. The number of nitrogens with one attached hydrogen (secondary N) is 1. The van der Waals surface area contributed by atoms with Crippen molar-refractivity contribution in [3.63, 3.8) is 0 Å². The van der Waals surface area contributed by atoms with Gasteiger partial charge in [0, 0.05) is 62.0 Å². The smallest absolute Gasteiger partial charge is 0.211 e. The van der Waals surface area contributed by atoms with Gasteiger partial charge in [-0.1, -0.05) is 12.1 Å². The minimum absolute atomic E-state index is 0.208. The molecule has 11 heteroatoms. The highest BCUT2D eigenvalue weighted by molar-refractivity contribution is 7.88. The SMILES string of the molecule is CS(=O)(=O)N1CCC(n2cc(-c3ccc4c(c3)-c3c(ncnc3NC3CCC(N5CCOCC5)CC3)C4)cn2)CC1. The van der Waals surface area contributed by atoms with Crippen LogP contribution in [0.25, 0.3) is 22.3 Å². The van der Waals surface area contributed by atoms with E-state index in [4.69, 9.17) is 9.72 Å². The monoisotopic (exact) mass is 577 g/mol. The van der Waals surface area contributed by atoms with Gasteiger partial charge in [-0.05, 0) is 61.3 Å². The summed E-state index contributed by atoms with van der Waals surface area (Å²) in [5, 5.41) is 8.49. The number of morpholine rings is 1. The molecule has 0 bridgehead atoms. The number of hydrogen-bond acceptors (Lipinski definition) is 8. The molecule has 2 aliphatic heterocycles. The Bertz CT molecular complexity index is 1500. The van der Waals surface area contributed by atoms with E-state index in [1.165, 1.54) is 30.2 Å². The number of sulfonamides is 1. The van der Waals surface area contributed by atoms with Crippen LogP contribution < -0.4 is 5.32 Å². The molecule has 0 unspecified atom stereocenters. The second kappa shape index (κ2) is 11.1. The standard InChI is InChI=1S/C30H39N7O3S/c1-41(38,39)36-10-8-26(9-11-36)37-19-23(18-33-37)21-2-3-22-17-28-29(27(22)16-21)30(32-20-31-28)34-24-4-6-25(7-5-24)35-12-14-40-15-13-35/h2-3,16,18-20,24-26H,4-15,17H2,1H3,(H,31,32,34). The molecule has 0 atom stereocenters. The molecule has 41 heavy (non-hydrogen) atoms. The van der Waals surface area contributed by atoms with Crippen LogP contribution in [0.4, 0.5) is 5.82 Å². The molecule has 3 aromatic rings. The zero-order valence-corrected chi connectivity index (χ0v) is 24.5. The molecule has 218 valence electrons. The minimum Gasteiger partial charge on any atom is -0.379 e. The van der Waals surface area contributed by atoms with E-state index in [1.54, 1.807) is 10.6 Å². The van der Waals surface area contributed by atoms with Crippen molar-refractivity contribution in [1.29, 1.82) is 0 Å². The first-order valence-corrected chi connectivity index (χ1v) is 16.8. The van der Waals surface area contributed by atoms with Crippen LogP contribution >= 0.6 is 0 Å². The van der Waals surface area contributed by atoms with Crippen LogP contribution in [0.5, 0.6) is 0 Å². The average molecular weight is 578 g/mol. The molecule has 1 N–H and O–H groups in total. The molecule has 2 aliphatic carbocycles. The van der Waals surface area contributed by atoms with E-state index >= 15 is 0 Å². The summed E-state index contributed by atoms with van der Waals surface area (Å²) in [6.07, 6.45) is 14.1. The molecular weight excluding hydrogens is 538 g/mol. The molecule has 3 fully saturated rings. The summed E-state index contributed by atoms with van der Waals surface area (Å²) < 4.78 is 32.9. The third-order valence-electron chi connectivity index (χ3n) is 9.46. The van der Waals surface area contributed by atoms with Crippen molar-refractivity contribution in [3.8, 4) is 22.3 Å². The molecule has 2 aromatic heterocycles. The van der Waals surface area contributed by atoms with Gasteiger partial charge in [0.05, 0.1) is 37.4 Å². The summed E-state index contributed by atoms with van der Waals surface area (Å²) in [5.41, 5.74) is 6.91. The van der Waals surface area contributed by atoms with Crippen molar-refractivity contribution in [1.82, 2.24) is 29.0 Å². The van der Waals surface area contributed by atoms with Crippen LogP contribution in [0, 0.1) is 0 Å². The Labute approximate surface area is 242 Å². The number of hydrogen-bond donors (Lipinski definition) is 1. The normalized spacial score (nSPS) is 24.2. The van der Waals surface area contributed by atoms with Crippen LogP contribution in [0.15, 0.2) is 36.9 Å². The summed E-state index contributed by atoms with van der Waals surface area (Å²) in [7, 11) is -3.14. The lowest BCUT2D eigenvalue weighted by Gasteiger charge is -2.39. The van der Waals surface area contributed by atoms with Crippen molar-refractivity contribution in [2.45, 2.75) is 63.1 Å². The highest BCUT2D eigenvalue weighted by atomic mass is 32.2. The van der Waals surface area contributed by atoms with Gasteiger partial charge in [0.1, 0.15) is 12.1 Å². The highest BCUT2D eigenvalue weighted by Crippen LogP contribution is 2.42. The van der Waals surface area contributed by atoms with E-state index in [2.05, 4.69) is 44.7 Å². The summed E-state index contributed by atoms with van der Waals surface area (Å²) in [4.78, 5) is 12.0. The van der Waals surface area contributed by atoms with Crippen molar-refractivity contribution >= 4 is 15.8 Å². The number of rotatable bonds is 6. The third kappa shape index (κ3) is 5.52. The average Bonchev–Trinajstić information content (AvgIpc) is 3.63. The van der Waals surface area contributed by atoms with E-state index < -0.39 is 10.0 Å². The molecule has 1 saturated carbocycles. The van der Waals surface area contributed by atoms with Crippen LogP contribution in [0.1, 0.15) is 55.8 Å². The van der Waals surface area contributed by atoms with Crippen molar-refractivity contribution in [3.05, 3.63) is 48.2 Å². The van der Waals surface area contributed by atoms with E-state index in [9.17, 15) is 8.42 Å². The third-order valence-corrected chi connectivity index (χ3v) is 10.8. The maximum atomic E-state index is 11.9. The van der Waals surface area contributed by atoms with Crippen molar-refractivity contribution < 1.29 is 13.2 Å². The first kappa shape index (κ1) is 27.0. The number of aromatic nitrogens is 4. The Morgan fingerprint density at radius 3 is 2.46 bits per heavy atom. The van der Waals surface area contributed by atoms with Crippen LogP contribution in [0.3, 0.4) is 0 Å². The van der Waals surface area contributed by atoms with E-state index in [0.29, 0.717) is 25.2 Å². The zero-order valence-electron chi connectivity index (χ0n) is 23.7. The quantitative estimate of drug-likeness (QED) is 0.371. The van der Waals surface area contributed by atoms with Gasteiger partial charge in [-0.3, -0.25) is 9.58 Å². The fraction of sp³-hybridized carbons (Fsp3) is 0.567. The largest absolute Gasteiger partial charge is 0.379 e. The molecule has 1 aromatic carbocycles. The first-order valence-electron chi connectivity index (χ1n) is 15.0. The summed E-state index contributed by atoms with van der Waals surface area (Å²) in [5.74, 6) is 0.953. The second-order valence-electron chi connectivity index (χ2n) is 12.0. The van der Waals surface area contributed by atoms with Crippen LogP contribution in [-0.4, -0.2) is 95.1 Å². The predicted molar refractivity (Wildman–Crippen MR) is 158 cm³/mol. The van der Waals surface area contributed by atoms with Gasteiger partial charge in [-0.25, -0.2) is 22.7 Å². The Kier molecular flexibility index (Phi) is 7.30. The van der Waals surface area contributed by atoms with Gasteiger partial charge < -0.3 is 10.1 Å². The number of piperidine rings is 1. The summed E-state index contributed by atoms with van der Waals surface area (Å²) in [6, 6.07) is 7.95. The summed E-state index contributed by atoms with van der Waals surface area (Å²) in [6.45, 7) is 4.92. The maximum Gasteiger partial charge on any atom is 0.211 e. The topological polar surface area (TPSA) is 105 Å².